The number of pyridine rings is 1. The van der Waals surface area contributed by atoms with Gasteiger partial charge in [0.05, 0.1) is 11.1 Å². The molecule has 0 aliphatic carbocycles. The van der Waals surface area contributed by atoms with E-state index in [9.17, 15) is 22.4 Å². The van der Waals surface area contributed by atoms with Gasteiger partial charge in [-0.2, -0.15) is 13.2 Å². The zero-order chi connectivity index (χ0) is 15.6. The summed E-state index contributed by atoms with van der Waals surface area (Å²) in [4.78, 5) is 14.5. The molecule has 0 aliphatic rings. The van der Waals surface area contributed by atoms with Crippen molar-refractivity contribution in [3.63, 3.8) is 0 Å². The Bertz CT molecular complexity index is 706. The van der Waals surface area contributed by atoms with Crippen LogP contribution in [0, 0.1) is 5.82 Å². The Morgan fingerprint density at radius 3 is 2.62 bits per heavy atom. The monoisotopic (exact) mass is 303 g/mol. The molecule has 21 heavy (non-hydrogen) atoms. The lowest BCUT2D eigenvalue weighted by Crippen LogP contribution is -2.22. The Labute approximate surface area is 117 Å². The zero-order valence-corrected chi connectivity index (χ0v) is 11.2. The van der Waals surface area contributed by atoms with Crippen molar-refractivity contribution in [3.8, 4) is 5.75 Å². The molecule has 0 fully saturated rings. The molecule has 114 valence electrons. The second kappa shape index (κ2) is 5.75. The molecule has 0 saturated carbocycles. The summed E-state index contributed by atoms with van der Waals surface area (Å²) in [6.45, 7) is 0.252. The zero-order valence-electron chi connectivity index (χ0n) is 11.2. The largest absolute Gasteiger partial charge is 0.483 e. The number of halogens is 4. The van der Waals surface area contributed by atoms with E-state index in [1.807, 2.05) is 0 Å². The van der Waals surface area contributed by atoms with Gasteiger partial charge in [0.2, 0.25) is 0 Å². The number of aromatic nitrogens is 1. The van der Waals surface area contributed by atoms with E-state index in [4.69, 9.17) is 4.74 Å². The maximum absolute atomic E-state index is 13.3. The molecule has 7 heteroatoms. The third-order valence-electron chi connectivity index (χ3n) is 2.90. The van der Waals surface area contributed by atoms with E-state index in [0.717, 1.165) is 12.1 Å². The highest BCUT2D eigenvalue weighted by Gasteiger charge is 2.29. The second-order valence-corrected chi connectivity index (χ2v) is 4.61. The van der Waals surface area contributed by atoms with Gasteiger partial charge in [-0.3, -0.25) is 4.79 Å². The Balaban J connectivity index is 2.62. The summed E-state index contributed by atoms with van der Waals surface area (Å²) in [5, 5.41) is 0.127. The molecule has 1 aromatic heterocycles. The predicted molar refractivity (Wildman–Crippen MR) is 70.1 cm³/mol. The minimum Gasteiger partial charge on any atom is -0.483 e. The summed E-state index contributed by atoms with van der Waals surface area (Å²) < 4.78 is 55.2. The van der Waals surface area contributed by atoms with E-state index in [1.54, 1.807) is 6.92 Å². The standard InChI is InChI=1S/C14H13F4NO2/c1-2-3-9-12(21-7-14(16,17)18)10-6-8(15)4-5-11(10)19-13(9)20/h4-6H,2-3,7H2,1H3,(H,19,20). The molecule has 1 aromatic carbocycles. The first kappa shape index (κ1) is 15.3. The molecule has 0 bridgehead atoms. The van der Waals surface area contributed by atoms with E-state index in [0.29, 0.717) is 6.42 Å². The Morgan fingerprint density at radius 2 is 2.00 bits per heavy atom. The van der Waals surface area contributed by atoms with Crippen LogP contribution in [0.15, 0.2) is 23.0 Å². The van der Waals surface area contributed by atoms with Crippen LogP contribution in [-0.2, 0) is 6.42 Å². The van der Waals surface area contributed by atoms with Crippen molar-refractivity contribution < 1.29 is 22.3 Å². The maximum Gasteiger partial charge on any atom is 0.422 e. The molecule has 0 radical (unpaired) electrons. The number of benzene rings is 1. The molecule has 0 spiro atoms. The first-order valence-electron chi connectivity index (χ1n) is 6.36. The minimum absolute atomic E-state index is 0.0971. The van der Waals surface area contributed by atoms with Crippen molar-refractivity contribution in [2.45, 2.75) is 25.9 Å². The van der Waals surface area contributed by atoms with Crippen LogP contribution in [0.3, 0.4) is 0 Å². The van der Waals surface area contributed by atoms with Gasteiger partial charge >= 0.3 is 6.18 Å². The molecule has 0 atom stereocenters. The Morgan fingerprint density at radius 1 is 1.29 bits per heavy atom. The third kappa shape index (κ3) is 3.53. The average molecular weight is 303 g/mol. The highest BCUT2D eigenvalue weighted by Crippen LogP contribution is 2.29. The number of fused-ring (bicyclic) bond motifs is 1. The SMILES string of the molecule is CCCc1c(OCC(F)(F)F)c2cc(F)ccc2[nH]c1=O. The summed E-state index contributed by atoms with van der Waals surface area (Å²) in [5.74, 6) is -0.818. The van der Waals surface area contributed by atoms with Crippen LogP contribution >= 0.6 is 0 Å². The van der Waals surface area contributed by atoms with Crippen molar-refractivity contribution in [1.29, 1.82) is 0 Å². The van der Waals surface area contributed by atoms with E-state index in [2.05, 4.69) is 4.98 Å². The smallest absolute Gasteiger partial charge is 0.422 e. The van der Waals surface area contributed by atoms with Crippen LogP contribution < -0.4 is 10.3 Å². The van der Waals surface area contributed by atoms with E-state index >= 15 is 0 Å². The number of alkyl halides is 3. The van der Waals surface area contributed by atoms with Gasteiger partial charge in [-0.15, -0.1) is 0 Å². The topological polar surface area (TPSA) is 42.1 Å². The molecule has 1 N–H and O–H groups in total. The van der Waals surface area contributed by atoms with Gasteiger partial charge < -0.3 is 9.72 Å². The summed E-state index contributed by atoms with van der Waals surface area (Å²) >= 11 is 0. The van der Waals surface area contributed by atoms with Crippen LogP contribution in [0.25, 0.3) is 10.9 Å². The van der Waals surface area contributed by atoms with E-state index in [-0.39, 0.29) is 28.6 Å². The molecule has 0 saturated heterocycles. The highest BCUT2D eigenvalue weighted by atomic mass is 19.4. The van der Waals surface area contributed by atoms with E-state index in [1.165, 1.54) is 6.07 Å². The Kier molecular flexibility index (Phi) is 4.20. The number of hydrogen-bond donors (Lipinski definition) is 1. The van der Waals surface area contributed by atoms with Gasteiger partial charge in [-0.1, -0.05) is 13.3 Å². The highest BCUT2D eigenvalue weighted by molar-refractivity contribution is 5.86. The molecule has 2 rings (SSSR count). The first-order valence-corrected chi connectivity index (χ1v) is 6.36. The molecule has 0 aliphatic heterocycles. The number of rotatable bonds is 4. The number of hydrogen-bond acceptors (Lipinski definition) is 2. The van der Waals surface area contributed by atoms with Gasteiger partial charge in [0.15, 0.2) is 6.61 Å². The summed E-state index contributed by atoms with van der Waals surface area (Å²) in [6.07, 6.45) is -3.74. The van der Waals surface area contributed by atoms with Crippen LogP contribution in [0.1, 0.15) is 18.9 Å². The van der Waals surface area contributed by atoms with Crippen LogP contribution in [0.2, 0.25) is 0 Å². The lowest BCUT2D eigenvalue weighted by Gasteiger charge is -2.15. The number of aromatic amines is 1. The van der Waals surface area contributed by atoms with Gasteiger partial charge in [0, 0.05) is 5.39 Å². The maximum atomic E-state index is 13.3. The summed E-state index contributed by atoms with van der Waals surface area (Å²) in [5.41, 5.74) is -0.189. The fourth-order valence-corrected chi connectivity index (χ4v) is 2.07. The number of nitrogens with one attached hydrogen (secondary N) is 1. The molecule has 1 heterocycles. The Hall–Kier alpha value is -2.05. The van der Waals surface area contributed by atoms with Gasteiger partial charge in [-0.25, -0.2) is 4.39 Å². The average Bonchev–Trinajstić information content (AvgIpc) is 2.38. The molecule has 3 nitrogen and oxygen atoms in total. The number of H-pyrrole nitrogens is 1. The van der Waals surface area contributed by atoms with Crippen LogP contribution in [0.5, 0.6) is 5.75 Å². The van der Waals surface area contributed by atoms with Crippen molar-refractivity contribution in [2.75, 3.05) is 6.61 Å². The normalized spacial score (nSPS) is 11.9. The molecule has 0 amide bonds. The third-order valence-corrected chi connectivity index (χ3v) is 2.90. The van der Waals surface area contributed by atoms with Crippen LogP contribution in [0.4, 0.5) is 17.6 Å². The van der Waals surface area contributed by atoms with E-state index < -0.39 is 24.2 Å². The van der Waals surface area contributed by atoms with Gasteiger partial charge in [-0.05, 0) is 24.6 Å². The fourth-order valence-electron chi connectivity index (χ4n) is 2.07. The molecular formula is C14H13F4NO2. The lowest BCUT2D eigenvalue weighted by molar-refractivity contribution is -0.153. The minimum atomic E-state index is -4.54. The van der Waals surface area contributed by atoms with Crippen molar-refractivity contribution in [2.24, 2.45) is 0 Å². The van der Waals surface area contributed by atoms with Crippen molar-refractivity contribution in [3.05, 3.63) is 39.9 Å². The molecular weight excluding hydrogens is 290 g/mol. The number of ether oxygens (including phenoxy) is 1. The van der Waals surface area contributed by atoms with Crippen molar-refractivity contribution >= 4 is 10.9 Å². The van der Waals surface area contributed by atoms with Crippen molar-refractivity contribution in [1.82, 2.24) is 4.98 Å². The molecule has 0 unspecified atom stereocenters. The lowest BCUT2D eigenvalue weighted by atomic mass is 10.1. The van der Waals surface area contributed by atoms with Gasteiger partial charge in [0.25, 0.3) is 5.56 Å². The quantitative estimate of drug-likeness (QED) is 0.878. The predicted octanol–water partition coefficient (Wildman–Crippen LogP) is 3.56. The van der Waals surface area contributed by atoms with Crippen LogP contribution in [-0.4, -0.2) is 17.8 Å². The summed E-state index contributed by atoms with van der Waals surface area (Å²) in [6, 6.07) is 3.46. The molecule has 2 aromatic rings. The second-order valence-electron chi connectivity index (χ2n) is 4.61. The first-order chi connectivity index (χ1) is 9.81. The fraction of sp³-hybridized carbons (Fsp3) is 0.357. The summed E-state index contributed by atoms with van der Waals surface area (Å²) in [7, 11) is 0. The van der Waals surface area contributed by atoms with Gasteiger partial charge in [0.1, 0.15) is 11.6 Å².